The van der Waals surface area contributed by atoms with Crippen molar-refractivity contribution in [1.82, 2.24) is 14.5 Å². The van der Waals surface area contributed by atoms with Crippen LogP contribution < -0.4 is 0 Å². The quantitative estimate of drug-likeness (QED) is 0.714. The number of piperidine rings is 1. The van der Waals surface area contributed by atoms with E-state index in [4.69, 9.17) is 4.42 Å². The molecule has 4 rings (SSSR count). The summed E-state index contributed by atoms with van der Waals surface area (Å²) in [7, 11) is 2.00. The Morgan fingerprint density at radius 2 is 2.08 bits per heavy atom. The zero-order valence-corrected chi connectivity index (χ0v) is 15.0. The maximum Gasteiger partial charge on any atom is 0.255 e. The van der Waals surface area contributed by atoms with E-state index in [1.54, 1.807) is 0 Å². The van der Waals surface area contributed by atoms with Gasteiger partial charge in [0.05, 0.1) is 11.5 Å². The first-order valence-electron chi connectivity index (χ1n) is 8.82. The Bertz CT molecular complexity index is 905. The summed E-state index contributed by atoms with van der Waals surface area (Å²) >= 11 is 0. The van der Waals surface area contributed by atoms with Crippen LogP contribution in [0.4, 0.5) is 0 Å². The maximum atomic E-state index is 13.0. The highest BCUT2D eigenvalue weighted by molar-refractivity contribution is 5.95. The van der Waals surface area contributed by atoms with Gasteiger partial charge >= 0.3 is 0 Å². The Balaban J connectivity index is 1.58. The predicted molar refractivity (Wildman–Crippen MR) is 96.8 cm³/mol. The largest absolute Gasteiger partial charge is 0.440 e. The van der Waals surface area contributed by atoms with Crippen LogP contribution in [-0.2, 0) is 7.05 Å². The topological polar surface area (TPSA) is 51.3 Å². The zero-order chi connectivity index (χ0) is 17.6. The van der Waals surface area contributed by atoms with Crippen LogP contribution >= 0.6 is 0 Å². The molecule has 1 aliphatic heterocycles. The Kier molecular flexibility index (Phi) is 3.86. The summed E-state index contributed by atoms with van der Waals surface area (Å²) < 4.78 is 8.00. The first-order chi connectivity index (χ1) is 12.0. The van der Waals surface area contributed by atoms with Crippen LogP contribution in [0.1, 0.15) is 46.4 Å². The van der Waals surface area contributed by atoms with Crippen molar-refractivity contribution in [3.63, 3.8) is 0 Å². The van der Waals surface area contributed by atoms with Gasteiger partial charge < -0.3 is 13.9 Å². The van der Waals surface area contributed by atoms with Crippen molar-refractivity contribution in [1.29, 1.82) is 0 Å². The molecule has 1 aromatic carbocycles. The first kappa shape index (κ1) is 15.9. The average Bonchev–Trinajstić information content (AvgIpc) is 3.18. The highest BCUT2D eigenvalue weighted by Gasteiger charge is 2.29. The molecular formula is C20H23N3O2. The Morgan fingerprint density at radius 1 is 1.28 bits per heavy atom. The van der Waals surface area contributed by atoms with E-state index < -0.39 is 0 Å². The molecule has 5 heteroatoms. The van der Waals surface area contributed by atoms with Crippen molar-refractivity contribution in [3.8, 4) is 0 Å². The van der Waals surface area contributed by atoms with Crippen LogP contribution in [0.5, 0.6) is 0 Å². The smallest absolute Gasteiger partial charge is 0.255 e. The van der Waals surface area contributed by atoms with Crippen molar-refractivity contribution in [3.05, 3.63) is 53.2 Å². The molecule has 2 aromatic heterocycles. The van der Waals surface area contributed by atoms with Crippen LogP contribution in [0.15, 0.2) is 34.7 Å². The molecule has 1 fully saturated rings. The molecule has 25 heavy (non-hydrogen) atoms. The standard InChI is InChI=1S/C20H23N3O2/c1-13-11-16(14(2)22(13)3)20(24)23-10-6-7-15(12-23)19-21-17-8-4-5-9-18(17)25-19/h4-5,8-9,11,15H,6-7,10,12H2,1-3H3/t15-/m1/s1. The van der Waals surface area contributed by atoms with Gasteiger partial charge in [0.15, 0.2) is 11.5 Å². The lowest BCUT2D eigenvalue weighted by Crippen LogP contribution is -2.39. The summed E-state index contributed by atoms with van der Waals surface area (Å²) in [6, 6.07) is 9.80. The van der Waals surface area contributed by atoms with Gasteiger partial charge in [0.2, 0.25) is 0 Å². The number of carbonyl (C=O) groups excluding carboxylic acids is 1. The molecular weight excluding hydrogens is 314 g/mol. The summed E-state index contributed by atoms with van der Waals surface area (Å²) in [6.07, 6.45) is 1.98. The van der Waals surface area contributed by atoms with Gasteiger partial charge in [-0.25, -0.2) is 4.98 Å². The second kappa shape index (κ2) is 6.06. The van der Waals surface area contributed by atoms with Crippen LogP contribution in [0.25, 0.3) is 11.1 Å². The van der Waals surface area contributed by atoms with Gasteiger partial charge in [-0.05, 0) is 44.9 Å². The lowest BCUT2D eigenvalue weighted by molar-refractivity contribution is 0.0698. The van der Waals surface area contributed by atoms with Crippen molar-refractivity contribution >= 4 is 17.0 Å². The molecule has 130 valence electrons. The fourth-order valence-corrected chi connectivity index (χ4v) is 3.67. The average molecular weight is 337 g/mol. The normalized spacial score (nSPS) is 18.0. The van der Waals surface area contributed by atoms with Gasteiger partial charge in [-0.3, -0.25) is 4.79 Å². The number of para-hydroxylation sites is 2. The van der Waals surface area contributed by atoms with Gasteiger partial charge in [0.1, 0.15) is 5.52 Å². The fourth-order valence-electron chi connectivity index (χ4n) is 3.67. The summed E-state index contributed by atoms with van der Waals surface area (Å²) in [4.78, 5) is 19.6. The molecule has 0 aliphatic carbocycles. The van der Waals surface area contributed by atoms with Crippen molar-refractivity contribution in [2.24, 2.45) is 7.05 Å². The molecule has 1 atom stereocenters. The Morgan fingerprint density at radius 3 is 2.80 bits per heavy atom. The molecule has 3 heterocycles. The molecule has 0 saturated carbocycles. The summed E-state index contributed by atoms with van der Waals surface area (Å²) in [5.41, 5.74) is 4.63. The number of oxazole rings is 1. The number of nitrogens with zero attached hydrogens (tertiary/aromatic N) is 3. The zero-order valence-electron chi connectivity index (χ0n) is 15.0. The number of rotatable bonds is 2. The Labute approximate surface area is 147 Å². The van der Waals surface area contributed by atoms with E-state index in [2.05, 4.69) is 9.55 Å². The van der Waals surface area contributed by atoms with Gasteiger partial charge in [0.25, 0.3) is 5.91 Å². The molecule has 1 amide bonds. The Hall–Kier alpha value is -2.56. The number of aryl methyl sites for hydroxylation is 1. The summed E-state index contributed by atoms with van der Waals surface area (Å²) in [5, 5.41) is 0. The lowest BCUT2D eigenvalue weighted by Gasteiger charge is -2.31. The highest BCUT2D eigenvalue weighted by Crippen LogP contribution is 2.30. The summed E-state index contributed by atoms with van der Waals surface area (Å²) in [6.45, 7) is 5.49. The van der Waals surface area contributed by atoms with Crippen molar-refractivity contribution in [2.75, 3.05) is 13.1 Å². The van der Waals surface area contributed by atoms with Crippen LogP contribution in [0, 0.1) is 13.8 Å². The number of carbonyl (C=O) groups is 1. The number of amides is 1. The van der Waals surface area contributed by atoms with Gasteiger partial charge in [-0.1, -0.05) is 12.1 Å². The number of likely N-dealkylation sites (tertiary alicyclic amines) is 1. The number of aromatic nitrogens is 2. The van der Waals surface area contributed by atoms with Gasteiger partial charge in [0, 0.05) is 31.5 Å². The van der Waals surface area contributed by atoms with E-state index in [9.17, 15) is 4.79 Å². The third-order valence-corrected chi connectivity index (χ3v) is 5.37. The number of benzene rings is 1. The maximum absolute atomic E-state index is 13.0. The minimum absolute atomic E-state index is 0.113. The predicted octanol–water partition coefficient (Wildman–Crippen LogP) is 3.80. The number of fused-ring (bicyclic) bond motifs is 1. The van der Waals surface area contributed by atoms with E-state index in [-0.39, 0.29) is 11.8 Å². The molecule has 0 radical (unpaired) electrons. The van der Waals surface area contributed by atoms with E-state index in [1.807, 2.05) is 56.1 Å². The number of hydrogen-bond acceptors (Lipinski definition) is 3. The van der Waals surface area contributed by atoms with Gasteiger partial charge in [-0.2, -0.15) is 0 Å². The van der Waals surface area contributed by atoms with Crippen LogP contribution in [-0.4, -0.2) is 33.4 Å². The fraction of sp³-hybridized carbons (Fsp3) is 0.400. The monoisotopic (exact) mass is 337 g/mol. The van der Waals surface area contributed by atoms with Crippen LogP contribution in [0.3, 0.4) is 0 Å². The van der Waals surface area contributed by atoms with Crippen molar-refractivity contribution in [2.45, 2.75) is 32.6 Å². The molecule has 5 nitrogen and oxygen atoms in total. The summed E-state index contributed by atoms with van der Waals surface area (Å²) in [5.74, 6) is 1.02. The second-order valence-corrected chi connectivity index (χ2v) is 6.95. The van der Waals surface area contributed by atoms with Crippen LogP contribution in [0.2, 0.25) is 0 Å². The SMILES string of the molecule is Cc1cc(C(=O)N2CCC[C@@H](c3nc4ccccc4o3)C2)c(C)n1C. The van der Waals surface area contributed by atoms with Gasteiger partial charge in [-0.15, -0.1) is 0 Å². The molecule has 0 spiro atoms. The van der Waals surface area contributed by atoms with E-state index in [0.717, 1.165) is 53.3 Å². The highest BCUT2D eigenvalue weighted by atomic mass is 16.3. The van der Waals surface area contributed by atoms with E-state index >= 15 is 0 Å². The minimum Gasteiger partial charge on any atom is -0.440 e. The first-order valence-corrected chi connectivity index (χ1v) is 8.82. The van der Waals surface area contributed by atoms with E-state index in [1.165, 1.54) is 0 Å². The second-order valence-electron chi connectivity index (χ2n) is 6.95. The molecule has 3 aromatic rings. The lowest BCUT2D eigenvalue weighted by atomic mass is 9.97. The third kappa shape index (κ3) is 2.73. The van der Waals surface area contributed by atoms with Crippen molar-refractivity contribution < 1.29 is 9.21 Å². The minimum atomic E-state index is 0.113. The molecule has 1 aliphatic rings. The molecule has 0 N–H and O–H groups in total. The molecule has 0 unspecified atom stereocenters. The van der Waals surface area contributed by atoms with E-state index in [0.29, 0.717) is 6.54 Å². The molecule has 1 saturated heterocycles. The molecule has 0 bridgehead atoms. The third-order valence-electron chi connectivity index (χ3n) is 5.37. The number of hydrogen-bond donors (Lipinski definition) is 0.